The largest absolute Gasteiger partial charge is 0.478 e. The Morgan fingerprint density at radius 2 is 1.91 bits per heavy atom. The van der Waals surface area contributed by atoms with Gasteiger partial charge < -0.3 is 5.11 Å². The standard InChI is InChI=1S/C14H10Cl2N4O2/c1-6-7(2)9(4-3-8(6)13(21)22)20-5-17-10-11(15)18-14(16)19-12(10)20/h3-5H,1-2H3,(H,21,22). The Labute approximate surface area is 135 Å². The highest BCUT2D eigenvalue weighted by molar-refractivity contribution is 6.35. The minimum atomic E-state index is -0.962. The van der Waals surface area contributed by atoms with Crippen molar-refractivity contribution in [3.8, 4) is 5.69 Å². The summed E-state index contributed by atoms with van der Waals surface area (Å²) in [5.74, 6) is -0.962. The molecule has 2 aromatic heterocycles. The quantitative estimate of drug-likeness (QED) is 0.572. The number of nitrogens with zero attached hydrogens (tertiary/aromatic N) is 4. The van der Waals surface area contributed by atoms with Crippen LogP contribution in [0.3, 0.4) is 0 Å². The van der Waals surface area contributed by atoms with Crippen molar-refractivity contribution in [2.75, 3.05) is 0 Å². The predicted octanol–water partition coefficient (Wildman–Crippen LogP) is 3.44. The molecule has 0 aliphatic carbocycles. The van der Waals surface area contributed by atoms with E-state index in [0.717, 1.165) is 11.3 Å². The lowest BCUT2D eigenvalue weighted by Crippen LogP contribution is -2.05. The van der Waals surface area contributed by atoms with E-state index in [1.54, 1.807) is 30.0 Å². The first-order valence-corrected chi connectivity index (χ1v) is 7.05. The molecule has 1 N–H and O–H groups in total. The Bertz CT molecular complexity index is 921. The summed E-state index contributed by atoms with van der Waals surface area (Å²) in [5.41, 5.74) is 3.41. The summed E-state index contributed by atoms with van der Waals surface area (Å²) < 4.78 is 1.71. The van der Waals surface area contributed by atoms with E-state index in [1.807, 2.05) is 6.92 Å². The first-order chi connectivity index (χ1) is 10.4. The van der Waals surface area contributed by atoms with Gasteiger partial charge in [0.1, 0.15) is 11.8 Å². The van der Waals surface area contributed by atoms with Gasteiger partial charge in [-0.1, -0.05) is 11.6 Å². The van der Waals surface area contributed by atoms with E-state index in [0.29, 0.717) is 16.7 Å². The molecular weight excluding hydrogens is 327 g/mol. The van der Waals surface area contributed by atoms with Gasteiger partial charge in [0.2, 0.25) is 5.28 Å². The summed E-state index contributed by atoms with van der Waals surface area (Å²) in [6.45, 7) is 3.60. The van der Waals surface area contributed by atoms with Crippen LogP contribution in [0.1, 0.15) is 21.5 Å². The fraction of sp³-hybridized carbons (Fsp3) is 0.143. The number of aromatic carboxylic acids is 1. The van der Waals surface area contributed by atoms with Crippen molar-refractivity contribution in [3.05, 3.63) is 45.6 Å². The zero-order chi connectivity index (χ0) is 16.0. The molecule has 0 aliphatic heterocycles. The number of hydrogen-bond acceptors (Lipinski definition) is 4. The second kappa shape index (κ2) is 5.23. The number of rotatable bonds is 2. The van der Waals surface area contributed by atoms with Gasteiger partial charge in [-0.05, 0) is 48.7 Å². The second-order valence-electron chi connectivity index (χ2n) is 4.76. The van der Waals surface area contributed by atoms with Crippen LogP contribution in [-0.2, 0) is 0 Å². The Hall–Kier alpha value is -2.18. The molecule has 112 valence electrons. The maximum absolute atomic E-state index is 11.2. The molecule has 0 unspecified atom stereocenters. The smallest absolute Gasteiger partial charge is 0.335 e. The second-order valence-corrected chi connectivity index (χ2v) is 5.45. The lowest BCUT2D eigenvalue weighted by molar-refractivity contribution is 0.0696. The van der Waals surface area contributed by atoms with Crippen LogP contribution in [0.5, 0.6) is 0 Å². The molecule has 6 nitrogen and oxygen atoms in total. The van der Waals surface area contributed by atoms with E-state index < -0.39 is 5.97 Å². The van der Waals surface area contributed by atoms with Crippen LogP contribution in [-0.4, -0.2) is 30.6 Å². The van der Waals surface area contributed by atoms with E-state index in [9.17, 15) is 9.90 Å². The van der Waals surface area contributed by atoms with Gasteiger partial charge in [0.25, 0.3) is 0 Å². The molecular formula is C14H10Cl2N4O2. The van der Waals surface area contributed by atoms with Crippen LogP contribution >= 0.6 is 23.2 Å². The average Bonchev–Trinajstić information content (AvgIpc) is 2.85. The molecule has 0 atom stereocenters. The van der Waals surface area contributed by atoms with Crippen LogP contribution in [0.25, 0.3) is 16.9 Å². The zero-order valence-corrected chi connectivity index (χ0v) is 13.1. The van der Waals surface area contributed by atoms with Gasteiger partial charge >= 0.3 is 5.97 Å². The van der Waals surface area contributed by atoms with Crippen molar-refractivity contribution in [1.82, 2.24) is 19.5 Å². The maximum Gasteiger partial charge on any atom is 0.335 e. The van der Waals surface area contributed by atoms with Crippen LogP contribution in [0.2, 0.25) is 10.4 Å². The first kappa shape index (κ1) is 14.7. The first-order valence-electron chi connectivity index (χ1n) is 6.30. The van der Waals surface area contributed by atoms with Crippen LogP contribution in [0, 0.1) is 13.8 Å². The number of carbonyl (C=O) groups is 1. The summed E-state index contributed by atoms with van der Waals surface area (Å²) in [6.07, 6.45) is 1.56. The van der Waals surface area contributed by atoms with Gasteiger partial charge in [-0.3, -0.25) is 4.57 Å². The molecule has 0 radical (unpaired) electrons. The highest BCUT2D eigenvalue weighted by Crippen LogP contribution is 2.27. The number of aromatic nitrogens is 4. The van der Waals surface area contributed by atoms with Gasteiger partial charge in [0.15, 0.2) is 10.8 Å². The van der Waals surface area contributed by atoms with Crippen molar-refractivity contribution >= 4 is 40.3 Å². The summed E-state index contributed by atoms with van der Waals surface area (Å²) in [4.78, 5) is 23.4. The minimum Gasteiger partial charge on any atom is -0.478 e. The Morgan fingerprint density at radius 1 is 1.18 bits per heavy atom. The van der Waals surface area contributed by atoms with Crippen molar-refractivity contribution in [3.63, 3.8) is 0 Å². The molecule has 3 rings (SSSR count). The summed E-state index contributed by atoms with van der Waals surface area (Å²) in [5, 5.41) is 9.38. The topological polar surface area (TPSA) is 80.9 Å². The molecule has 0 aliphatic rings. The molecule has 0 amide bonds. The molecule has 0 bridgehead atoms. The normalized spacial score (nSPS) is 11.1. The fourth-order valence-corrected chi connectivity index (χ4v) is 2.74. The molecule has 0 saturated carbocycles. The van der Waals surface area contributed by atoms with Gasteiger partial charge in [0, 0.05) is 0 Å². The average molecular weight is 337 g/mol. The molecule has 2 heterocycles. The number of imidazole rings is 1. The lowest BCUT2D eigenvalue weighted by atomic mass is 10.0. The molecule has 0 saturated heterocycles. The lowest BCUT2D eigenvalue weighted by Gasteiger charge is -2.12. The highest BCUT2D eigenvalue weighted by Gasteiger charge is 2.16. The number of benzene rings is 1. The third-order valence-corrected chi connectivity index (χ3v) is 4.01. The number of fused-ring (bicyclic) bond motifs is 1. The van der Waals surface area contributed by atoms with Crippen LogP contribution in [0.4, 0.5) is 0 Å². The summed E-state index contributed by atoms with van der Waals surface area (Å²) in [6, 6.07) is 3.26. The Kier molecular flexibility index (Phi) is 3.50. The Balaban J connectivity index is 2.29. The SMILES string of the molecule is Cc1c(C(=O)O)ccc(-n2cnc3c(Cl)nc(Cl)nc32)c1C. The van der Waals surface area contributed by atoms with Gasteiger partial charge in [-0.25, -0.2) is 14.8 Å². The molecule has 8 heteroatoms. The number of hydrogen-bond donors (Lipinski definition) is 1. The van der Waals surface area contributed by atoms with Crippen molar-refractivity contribution in [2.24, 2.45) is 0 Å². The highest BCUT2D eigenvalue weighted by atomic mass is 35.5. The number of carboxylic acids is 1. The molecule has 0 fully saturated rings. The van der Waals surface area contributed by atoms with E-state index in [4.69, 9.17) is 23.2 Å². The van der Waals surface area contributed by atoms with E-state index in [2.05, 4.69) is 15.0 Å². The third kappa shape index (κ3) is 2.20. The monoisotopic (exact) mass is 336 g/mol. The number of halogens is 2. The maximum atomic E-state index is 11.2. The Morgan fingerprint density at radius 3 is 2.59 bits per heavy atom. The van der Waals surface area contributed by atoms with Crippen LogP contribution < -0.4 is 0 Å². The van der Waals surface area contributed by atoms with E-state index >= 15 is 0 Å². The zero-order valence-electron chi connectivity index (χ0n) is 11.6. The fourth-order valence-electron chi connectivity index (χ4n) is 2.32. The summed E-state index contributed by atoms with van der Waals surface area (Å²) >= 11 is 11.9. The number of carboxylic acid groups (broad SMARTS) is 1. The molecule has 0 spiro atoms. The van der Waals surface area contributed by atoms with Gasteiger partial charge in [-0.15, -0.1) is 0 Å². The van der Waals surface area contributed by atoms with Gasteiger partial charge in [0.05, 0.1) is 11.3 Å². The molecule has 3 aromatic rings. The van der Waals surface area contributed by atoms with Crippen molar-refractivity contribution in [1.29, 1.82) is 0 Å². The van der Waals surface area contributed by atoms with Crippen LogP contribution in [0.15, 0.2) is 18.5 Å². The minimum absolute atomic E-state index is 0.0239. The van der Waals surface area contributed by atoms with Gasteiger partial charge in [-0.2, -0.15) is 4.98 Å². The molecule has 22 heavy (non-hydrogen) atoms. The van der Waals surface area contributed by atoms with Crippen molar-refractivity contribution in [2.45, 2.75) is 13.8 Å². The molecule has 1 aromatic carbocycles. The van der Waals surface area contributed by atoms with Crippen molar-refractivity contribution < 1.29 is 9.90 Å². The van der Waals surface area contributed by atoms with E-state index in [-0.39, 0.29) is 16.0 Å². The third-order valence-electron chi connectivity index (χ3n) is 3.57. The summed E-state index contributed by atoms with van der Waals surface area (Å²) in [7, 11) is 0. The predicted molar refractivity (Wildman–Crippen MR) is 83.1 cm³/mol. The van der Waals surface area contributed by atoms with E-state index in [1.165, 1.54) is 0 Å².